The Labute approximate surface area is 188 Å². The second kappa shape index (κ2) is 9.67. The number of thioether (sulfide) groups is 1. The standard InChI is InChI=1S/C24H27NO3S2/c1-24(2,3)18-9-11-19(12-10-18)27-13-6-14-28-20-8-5-7-17(15-20)16-21-22(26)25(4)23(29)30-21/h5,7-12,15-16H,6,13-14H2,1-4H3/b21-16-. The van der Waals surface area contributed by atoms with Crippen LogP contribution in [-0.2, 0) is 10.2 Å². The predicted octanol–water partition coefficient (Wildman–Crippen LogP) is 5.66. The molecule has 3 rings (SSSR count). The Bertz CT molecular complexity index is 946. The monoisotopic (exact) mass is 441 g/mol. The minimum atomic E-state index is -0.0657. The molecule has 0 bridgehead atoms. The van der Waals surface area contributed by atoms with Crippen molar-refractivity contribution in [3.05, 3.63) is 64.6 Å². The first-order chi connectivity index (χ1) is 14.2. The van der Waals surface area contributed by atoms with Crippen molar-refractivity contribution in [3.63, 3.8) is 0 Å². The summed E-state index contributed by atoms with van der Waals surface area (Å²) < 4.78 is 12.2. The number of carbonyl (C=O) groups excluding carboxylic acids is 1. The zero-order chi connectivity index (χ0) is 21.7. The van der Waals surface area contributed by atoms with Gasteiger partial charge in [0.15, 0.2) is 0 Å². The van der Waals surface area contributed by atoms with E-state index in [1.54, 1.807) is 7.05 Å². The van der Waals surface area contributed by atoms with E-state index in [1.807, 2.05) is 42.5 Å². The number of hydrogen-bond acceptors (Lipinski definition) is 5. The van der Waals surface area contributed by atoms with E-state index in [0.29, 0.717) is 22.4 Å². The highest BCUT2D eigenvalue weighted by molar-refractivity contribution is 8.26. The summed E-state index contributed by atoms with van der Waals surface area (Å²) in [5.74, 6) is 1.58. The van der Waals surface area contributed by atoms with Crippen LogP contribution in [0.3, 0.4) is 0 Å². The summed E-state index contributed by atoms with van der Waals surface area (Å²) in [7, 11) is 1.69. The highest BCUT2D eigenvalue weighted by Gasteiger charge is 2.28. The number of likely N-dealkylation sites (N-methyl/N-ethyl adjacent to an activating group) is 1. The third-order valence-corrected chi connectivity index (χ3v) is 6.17. The van der Waals surface area contributed by atoms with Crippen LogP contribution >= 0.6 is 24.0 Å². The molecule has 2 aromatic rings. The van der Waals surface area contributed by atoms with Gasteiger partial charge in [0, 0.05) is 13.5 Å². The molecular formula is C24H27NO3S2. The molecule has 1 aliphatic heterocycles. The normalized spacial score (nSPS) is 15.7. The Morgan fingerprint density at radius 2 is 1.70 bits per heavy atom. The second-order valence-corrected chi connectivity index (χ2v) is 9.81. The van der Waals surface area contributed by atoms with Gasteiger partial charge in [0.2, 0.25) is 0 Å². The van der Waals surface area contributed by atoms with Crippen LogP contribution in [0.1, 0.15) is 38.3 Å². The maximum atomic E-state index is 12.1. The highest BCUT2D eigenvalue weighted by atomic mass is 32.2. The van der Waals surface area contributed by atoms with Crippen LogP contribution in [0.15, 0.2) is 53.4 Å². The number of thiocarbonyl (C=S) groups is 1. The Balaban J connectivity index is 1.46. The molecule has 0 radical (unpaired) electrons. The van der Waals surface area contributed by atoms with Gasteiger partial charge < -0.3 is 9.47 Å². The average Bonchev–Trinajstić information content (AvgIpc) is 2.94. The lowest BCUT2D eigenvalue weighted by Gasteiger charge is -2.19. The molecule has 1 saturated heterocycles. The van der Waals surface area contributed by atoms with Crippen molar-refractivity contribution in [1.82, 2.24) is 4.90 Å². The molecule has 0 spiro atoms. The number of ether oxygens (including phenoxy) is 2. The molecule has 4 nitrogen and oxygen atoms in total. The van der Waals surface area contributed by atoms with E-state index in [0.717, 1.165) is 23.5 Å². The highest BCUT2D eigenvalue weighted by Crippen LogP contribution is 2.31. The van der Waals surface area contributed by atoms with Gasteiger partial charge >= 0.3 is 0 Å². The summed E-state index contributed by atoms with van der Waals surface area (Å²) in [6.07, 6.45) is 2.62. The van der Waals surface area contributed by atoms with Crippen molar-refractivity contribution in [2.75, 3.05) is 20.3 Å². The molecule has 0 atom stereocenters. The maximum Gasteiger partial charge on any atom is 0.265 e. The van der Waals surface area contributed by atoms with Gasteiger partial charge in [0.1, 0.15) is 15.8 Å². The molecule has 1 aliphatic rings. The minimum absolute atomic E-state index is 0.0657. The molecule has 6 heteroatoms. The van der Waals surface area contributed by atoms with Gasteiger partial charge in [-0.25, -0.2) is 0 Å². The van der Waals surface area contributed by atoms with Gasteiger partial charge in [-0.1, -0.05) is 69.0 Å². The number of rotatable bonds is 7. The van der Waals surface area contributed by atoms with E-state index < -0.39 is 0 Å². The largest absolute Gasteiger partial charge is 0.493 e. The molecule has 1 fully saturated rings. The number of carbonyl (C=O) groups is 1. The first kappa shape index (κ1) is 22.4. The molecule has 0 N–H and O–H groups in total. The first-order valence-corrected chi connectivity index (χ1v) is 11.1. The molecule has 1 heterocycles. The Hall–Kier alpha value is -2.31. The summed E-state index contributed by atoms with van der Waals surface area (Å²) in [5.41, 5.74) is 2.35. The van der Waals surface area contributed by atoms with Crippen LogP contribution in [0.4, 0.5) is 0 Å². The third kappa shape index (κ3) is 5.86. The van der Waals surface area contributed by atoms with E-state index in [-0.39, 0.29) is 11.3 Å². The third-order valence-electron chi connectivity index (χ3n) is 4.69. The molecule has 158 valence electrons. The summed E-state index contributed by atoms with van der Waals surface area (Å²) in [6, 6.07) is 16.0. The lowest BCUT2D eigenvalue weighted by molar-refractivity contribution is -0.121. The Morgan fingerprint density at radius 1 is 1.03 bits per heavy atom. The fourth-order valence-electron chi connectivity index (χ4n) is 2.88. The van der Waals surface area contributed by atoms with Crippen LogP contribution in [-0.4, -0.2) is 35.4 Å². The SMILES string of the molecule is CN1C(=O)/C(=C/c2cccc(OCCCOc3ccc(C(C)(C)C)cc3)c2)SC1=S. The van der Waals surface area contributed by atoms with Gasteiger partial charge in [-0.2, -0.15) is 0 Å². The Morgan fingerprint density at radius 3 is 2.30 bits per heavy atom. The molecule has 0 unspecified atom stereocenters. The summed E-state index contributed by atoms with van der Waals surface area (Å²) in [6.45, 7) is 7.74. The van der Waals surface area contributed by atoms with Crippen LogP contribution in [0.2, 0.25) is 0 Å². The van der Waals surface area contributed by atoms with Crippen LogP contribution in [0.25, 0.3) is 6.08 Å². The van der Waals surface area contributed by atoms with Crippen molar-refractivity contribution in [1.29, 1.82) is 0 Å². The van der Waals surface area contributed by atoms with Crippen LogP contribution in [0, 0.1) is 0 Å². The molecule has 1 amide bonds. The quantitative estimate of drug-likeness (QED) is 0.315. The smallest absolute Gasteiger partial charge is 0.265 e. The molecule has 0 aromatic heterocycles. The summed E-state index contributed by atoms with van der Waals surface area (Å²) in [4.78, 5) is 14.3. The van der Waals surface area contributed by atoms with Gasteiger partial charge in [-0.3, -0.25) is 9.69 Å². The number of nitrogens with zero attached hydrogens (tertiary/aromatic N) is 1. The molecule has 30 heavy (non-hydrogen) atoms. The van der Waals surface area contributed by atoms with E-state index in [9.17, 15) is 4.79 Å². The molecular weight excluding hydrogens is 414 g/mol. The van der Waals surface area contributed by atoms with Gasteiger partial charge in [0.05, 0.1) is 18.1 Å². The van der Waals surface area contributed by atoms with E-state index >= 15 is 0 Å². The average molecular weight is 442 g/mol. The number of hydrogen-bond donors (Lipinski definition) is 0. The van der Waals surface area contributed by atoms with Crippen LogP contribution < -0.4 is 9.47 Å². The zero-order valence-corrected chi connectivity index (χ0v) is 19.4. The lowest BCUT2D eigenvalue weighted by atomic mass is 9.87. The van der Waals surface area contributed by atoms with Crippen molar-refractivity contribution < 1.29 is 14.3 Å². The van der Waals surface area contributed by atoms with Crippen molar-refractivity contribution in [2.24, 2.45) is 0 Å². The fourth-order valence-corrected chi connectivity index (χ4v) is 4.06. The van der Waals surface area contributed by atoms with Crippen molar-refractivity contribution in [2.45, 2.75) is 32.6 Å². The van der Waals surface area contributed by atoms with Crippen molar-refractivity contribution in [3.8, 4) is 11.5 Å². The number of benzene rings is 2. The Kier molecular flexibility index (Phi) is 7.21. The van der Waals surface area contributed by atoms with E-state index in [4.69, 9.17) is 21.7 Å². The van der Waals surface area contributed by atoms with Crippen LogP contribution in [0.5, 0.6) is 11.5 Å². The minimum Gasteiger partial charge on any atom is -0.493 e. The maximum absolute atomic E-state index is 12.1. The summed E-state index contributed by atoms with van der Waals surface area (Å²) >= 11 is 6.49. The molecule has 0 aliphatic carbocycles. The predicted molar refractivity (Wildman–Crippen MR) is 128 cm³/mol. The van der Waals surface area contributed by atoms with Gasteiger partial charge in [0.25, 0.3) is 5.91 Å². The lowest BCUT2D eigenvalue weighted by Crippen LogP contribution is -2.22. The molecule has 0 saturated carbocycles. The first-order valence-electron chi connectivity index (χ1n) is 9.92. The topological polar surface area (TPSA) is 38.8 Å². The second-order valence-electron chi connectivity index (χ2n) is 8.14. The van der Waals surface area contributed by atoms with Crippen molar-refractivity contribution >= 4 is 40.3 Å². The summed E-state index contributed by atoms with van der Waals surface area (Å²) in [5, 5.41) is 0. The van der Waals surface area contributed by atoms with E-state index in [1.165, 1.54) is 22.2 Å². The molecule has 2 aromatic carbocycles. The fraction of sp³-hybridized carbons (Fsp3) is 0.333. The van der Waals surface area contributed by atoms with Gasteiger partial charge in [-0.05, 0) is 46.9 Å². The van der Waals surface area contributed by atoms with E-state index in [2.05, 4.69) is 32.9 Å². The zero-order valence-electron chi connectivity index (χ0n) is 17.8. The van der Waals surface area contributed by atoms with Gasteiger partial charge in [-0.15, -0.1) is 0 Å². The number of amides is 1.